The van der Waals surface area contributed by atoms with Gasteiger partial charge in [0.25, 0.3) is 5.56 Å². The third-order valence-corrected chi connectivity index (χ3v) is 3.97. The monoisotopic (exact) mass is 329 g/mol. The Labute approximate surface area is 124 Å². The van der Waals surface area contributed by atoms with E-state index in [0.717, 1.165) is 22.2 Å². The molecule has 0 fully saturated rings. The Kier molecular flexibility index (Phi) is 3.36. The summed E-state index contributed by atoms with van der Waals surface area (Å²) in [6.07, 6.45) is 2.43. The smallest absolute Gasteiger partial charge is 0.265 e. The number of aromatic nitrogens is 3. The predicted octanol–water partition coefficient (Wildman–Crippen LogP) is 3.31. The van der Waals surface area contributed by atoms with Gasteiger partial charge in [-0.1, -0.05) is 25.1 Å². The van der Waals surface area contributed by atoms with E-state index in [2.05, 4.69) is 30.9 Å². The van der Waals surface area contributed by atoms with Crippen LogP contribution >= 0.6 is 15.9 Å². The number of hydrogen-bond donors (Lipinski definition) is 1. The summed E-state index contributed by atoms with van der Waals surface area (Å²) in [4.78, 5) is 23.7. The van der Waals surface area contributed by atoms with Crippen molar-refractivity contribution < 1.29 is 0 Å². The van der Waals surface area contributed by atoms with Crippen LogP contribution in [0.5, 0.6) is 0 Å². The summed E-state index contributed by atoms with van der Waals surface area (Å²) in [7, 11) is 0. The molecule has 0 aliphatic rings. The highest BCUT2D eigenvalue weighted by molar-refractivity contribution is 9.10. The lowest BCUT2D eigenvalue weighted by atomic mass is 10.1. The Hall–Kier alpha value is -2.01. The molecular weight excluding hydrogens is 318 g/mol. The first-order valence-corrected chi connectivity index (χ1v) is 7.13. The van der Waals surface area contributed by atoms with Crippen LogP contribution < -0.4 is 5.56 Å². The largest absolute Gasteiger partial charge is 0.305 e. The molecule has 100 valence electrons. The molecule has 2 heterocycles. The van der Waals surface area contributed by atoms with E-state index in [4.69, 9.17) is 0 Å². The van der Waals surface area contributed by atoms with Crippen LogP contribution in [0.2, 0.25) is 0 Å². The third kappa shape index (κ3) is 2.14. The van der Waals surface area contributed by atoms with E-state index in [-0.39, 0.29) is 5.56 Å². The van der Waals surface area contributed by atoms with Crippen molar-refractivity contribution in [1.29, 1.82) is 0 Å². The van der Waals surface area contributed by atoms with Gasteiger partial charge in [0.05, 0.1) is 11.2 Å². The molecule has 20 heavy (non-hydrogen) atoms. The topological polar surface area (TPSA) is 58.6 Å². The molecule has 0 aliphatic carbocycles. The number of fused-ring (bicyclic) bond motifs is 1. The van der Waals surface area contributed by atoms with E-state index in [9.17, 15) is 4.79 Å². The molecule has 4 nitrogen and oxygen atoms in total. The van der Waals surface area contributed by atoms with E-state index in [1.165, 1.54) is 0 Å². The molecule has 0 radical (unpaired) electrons. The molecule has 1 aromatic carbocycles. The van der Waals surface area contributed by atoms with Crippen molar-refractivity contribution in [3.05, 3.63) is 57.0 Å². The number of benzene rings is 1. The summed E-state index contributed by atoms with van der Waals surface area (Å²) >= 11 is 3.27. The van der Waals surface area contributed by atoms with Crippen molar-refractivity contribution in [2.75, 3.05) is 0 Å². The Morgan fingerprint density at radius 2 is 2.05 bits per heavy atom. The maximum Gasteiger partial charge on any atom is 0.265 e. The van der Waals surface area contributed by atoms with Crippen LogP contribution in [0.1, 0.15) is 12.6 Å². The first-order valence-electron chi connectivity index (χ1n) is 6.33. The maximum atomic E-state index is 12.0. The second kappa shape index (κ2) is 5.17. The summed E-state index contributed by atoms with van der Waals surface area (Å²) in [6.45, 7) is 1.97. The molecule has 0 saturated heterocycles. The average Bonchev–Trinajstić information content (AvgIpc) is 2.49. The van der Waals surface area contributed by atoms with Crippen LogP contribution in [0.25, 0.3) is 22.3 Å². The van der Waals surface area contributed by atoms with E-state index in [1.54, 1.807) is 6.20 Å². The Bertz CT molecular complexity index is 837. The summed E-state index contributed by atoms with van der Waals surface area (Å²) in [5.41, 5.74) is 2.25. The van der Waals surface area contributed by atoms with E-state index in [1.807, 2.05) is 37.3 Å². The predicted molar refractivity (Wildman–Crippen MR) is 82.7 cm³/mol. The zero-order chi connectivity index (χ0) is 14.1. The normalized spacial score (nSPS) is 10.9. The molecule has 0 saturated carbocycles. The van der Waals surface area contributed by atoms with Crippen molar-refractivity contribution in [3.63, 3.8) is 0 Å². The van der Waals surface area contributed by atoms with Crippen LogP contribution in [-0.2, 0) is 6.42 Å². The second-order valence-electron chi connectivity index (χ2n) is 4.41. The highest BCUT2D eigenvalue weighted by atomic mass is 79.9. The van der Waals surface area contributed by atoms with Crippen LogP contribution in [0.3, 0.4) is 0 Å². The molecule has 3 rings (SSSR count). The number of nitrogens with one attached hydrogen (secondary N) is 1. The quantitative estimate of drug-likeness (QED) is 0.784. The molecule has 0 aliphatic heterocycles. The summed E-state index contributed by atoms with van der Waals surface area (Å²) in [5.74, 6) is 0.555. The van der Waals surface area contributed by atoms with Crippen LogP contribution in [-0.4, -0.2) is 15.0 Å². The molecule has 2 aromatic heterocycles. The van der Waals surface area contributed by atoms with E-state index >= 15 is 0 Å². The van der Waals surface area contributed by atoms with Crippen molar-refractivity contribution in [2.45, 2.75) is 13.3 Å². The fraction of sp³-hybridized carbons (Fsp3) is 0.133. The maximum absolute atomic E-state index is 12.0. The number of aryl methyl sites for hydroxylation is 1. The summed E-state index contributed by atoms with van der Waals surface area (Å²) < 4.78 is 0.497. The molecule has 0 unspecified atom stereocenters. The number of pyridine rings is 1. The molecule has 0 amide bonds. The minimum absolute atomic E-state index is 0.167. The lowest BCUT2D eigenvalue weighted by Gasteiger charge is -2.07. The van der Waals surface area contributed by atoms with Gasteiger partial charge in [-0.15, -0.1) is 0 Å². The summed E-state index contributed by atoms with van der Waals surface area (Å²) in [6, 6.07) is 9.72. The molecule has 3 aromatic rings. The molecular formula is C15H12BrN3O. The van der Waals surface area contributed by atoms with Gasteiger partial charge in [0, 0.05) is 17.1 Å². The fourth-order valence-corrected chi connectivity index (χ4v) is 2.63. The van der Waals surface area contributed by atoms with Gasteiger partial charge in [0.15, 0.2) is 0 Å². The SMILES string of the molecule is CCc1nc(-c2cccc3cccnc23)[nH]c(=O)c1Br. The number of H-pyrrole nitrogens is 1. The van der Waals surface area contributed by atoms with Gasteiger partial charge < -0.3 is 4.98 Å². The highest BCUT2D eigenvalue weighted by Crippen LogP contribution is 2.24. The highest BCUT2D eigenvalue weighted by Gasteiger charge is 2.11. The molecule has 5 heteroatoms. The van der Waals surface area contributed by atoms with Gasteiger partial charge in [-0.25, -0.2) is 4.98 Å². The van der Waals surface area contributed by atoms with Crippen molar-refractivity contribution in [1.82, 2.24) is 15.0 Å². The minimum atomic E-state index is -0.167. The zero-order valence-electron chi connectivity index (χ0n) is 10.9. The van der Waals surface area contributed by atoms with E-state index in [0.29, 0.717) is 16.7 Å². The van der Waals surface area contributed by atoms with Crippen LogP contribution in [0.15, 0.2) is 45.8 Å². The second-order valence-corrected chi connectivity index (χ2v) is 5.20. The van der Waals surface area contributed by atoms with Gasteiger partial charge in [-0.2, -0.15) is 0 Å². The third-order valence-electron chi connectivity index (χ3n) is 3.15. The van der Waals surface area contributed by atoms with Crippen molar-refractivity contribution >= 4 is 26.8 Å². The zero-order valence-corrected chi connectivity index (χ0v) is 12.4. The van der Waals surface area contributed by atoms with Gasteiger partial charge >= 0.3 is 0 Å². The molecule has 0 spiro atoms. The standard InChI is InChI=1S/C15H12BrN3O/c1-2-11-12(16)15(20)19-14(18-11)10-7-3-5-9-6-4-8-17-13(9)10/h3-8H,2H2,1H3,(H,18,19,20). The number of para-hydroxylation sites is 1. The number of nitrogens with zero attached hydrogens (tertiary/aromatic N) is 2. The van der Waals surface area contributed by atoms with Crippen molar-refractivity contribution in [3.8, 4) is 11.4 Å². The van der Waals surface area contributed by atoms with Gasteiger partial charge in [-0.3, -0.25) is 9.78 Å². The van der Waals surface area contributed by atoms with Crippen LogP contribution in [0.4, 0.5) is 0 Å². The minimum Gasteiger partial charge on any atom is -0.305 e. The van der Waals surface area contributed by atoms with Gasteiger partial charge in [0.2, 0.25) is 0 Å². The average molecular weight is 330 g/mol. The molecule has 1 N–H and O–H groups in total. The Morgan fingerprint density at radius 3 is 2.85 bits per heavy atom. The van der Waals surface area contributed by atoms with Gasteiger partial charge in [-0.05, 0) is 34.5 Å². The fourth-order valence-electron chi connectivity index (χ4n) is 2.16. The molecule has 0 atom stereocenters. The van der Waals surface area contributed by atoms with Crippen LogP contribution in [0, 0.1) is 0 Å². The first kappa shape index (κ1) is 13.0. The Morgan fingerprint density at radius 1 is 1.25 bits per heavy atom. The lowest BCUT2D eigenvalue weighted by molar-refractivity contribution is 0.971. The van der Waals surface area contributed by atoms with E-state index < -0.39 is 0 Å². The molecule has 0 bridgehead atoms. The van der Waals surface area contributed by atoms with Crippen molar-refractivity contribution in [2.24, 2.45) is 0 Å². The number of halogens is 1. The lowest BCUT2D eigenvalue weighted by Crippen LogP contribution is -2.13. The number of rotatable bonds is 2. The first-order chi connectivity index (χ1) is 9.70. The summed E-state index contributed by atoms with van der Waals surface area (Å²) in [5, 5.41) is 1.02. The van der Waals surface area contributed by atoms with Gasteiger partial charge in [0.1, 0.15) is 10.3 Å². The number of aromatic amines is 1. The number of hydrogen-bond acceptors (Lipinski definition) is 3. The Balaban J connectivity index is 2.31.